The number of hydrogen-bond donors (Lipinski definition) is 1. The maximum absolute atomic E-state index is 13.4. The van der Waals surface area contributed by atoms with Gasteiger partial charge in [-0.05, 0) is 36.7 Å². The zero-order valence-corrected chi connectivity index (χ0v) is 11.7. The number of hydrogen-bond acceptors (Lipinski definition) is 2. The van der Waals surface area contributed by atoms with Gasteiger partial charge in [0.1, 0.15) is 11.6 Å². The van der Waals surface area contributed by atoms with Crippen molar-refractivity contribution in [3.63, 3.8) is 0 Å². The lowest BCUT2D eigenvalue weighted by Gasteiger charge is -2.18. The van der Waals surface area contributed by atoms with Gasteiger partial charge in [-0.2, -0.15) is 5.10 Å². The highest BCUT2D eigenvalue weighted by Gasteiger charge is 2.15. The summed E-state index contributed by atoms with van der Waals surface area (Å²) in [6.07, 6.45) is 3.42. The van der Waals surface area contributed by atoms with E-state index in [0.717, 1.165) is 24.7 Å². The Hall–Kier alpha value is -1.75. The number of benzene rings is 1. The van der Waals surface area contributed by atoms with Crippen LogP contribution in [0.15, 0.2) is 30.5 Å². The summed E-state index contributed by atoms with van der Waals surface area (Å²) in [6, 6.07) is 5.41. The smallest absolute Gasteiger partial charge is 0.126 e. The average Bonchev–Trinajstić information content (AvgIpc) is 2.79. The van der Waals surface area contributed by atoms with E-state index in [1.165, 1.54) is 12.1 Å². The molecule has 3 nitrogen and oxygen atoms in total. The summed E-state index contributed by atoms with van der Waals surface area (Å²) in [5.41, 5.74) is 1.51. The van der Waals surface area contributed by atoms with Gasteiger partial charge in [0.2, 0.25) is 0 Å². The van der Waals surface area contributed by atoms with E-state index in [1.54, 1.807) is 4.68 Å². The molecule has 0 saturated heterocycles. The molecule has 2 aromatic rings. The van der Waals surface area contributed by atoms with Crippen molar-refractivity contribution < 1.29 is 8.78 Å². The Morgan fingerprint density at radius 2 is 1.95 bits per heavy atom. The van der Waals surface area contributed by atoms with Gasteiger partial charge in [0, 0.05) is 31.8 Å². The Bertz CT molecular complexity index is 546. The largest absolute Gasteiger partial charge is 0.310 e. The molecule has 0 aliphatic carbocycles. The van der Waals surface area contributed by atoms with Crippen LogP contribution in [0.1, 0.15) is 30.6 Å². The van der Waals surface area contributed by atoms with Crippen LogP contribution in [0.4, 0.5) is 8.78 Å². The Kier molecular flexibility index (Phi) is 4.84. The normalized spacial score (nSPS) is 12.6. The van der Waals surface area contributed by atoms with E-state index < -0.39 is 11.6 Å². The molecule has 1 unspecified atom stereocenters. The first-order chi connectivity index (χ1) is 9.58. The third-order valence-corrected chi connectivity index (χ3v) is 3.11. The Balaban J connectivity index is 2.21. The summed E-state index contributed by atoms with van der Waals surface area (Å²) in [5.74, 6) is -1.10. The summed E-state index contributed by atoms with van der Waals surface area (Å²) in [7, 11) is 1.85. The standard InChI is InChI=1S/C15H19F2N3/c1-3-5-18-15(10-14-4-6-20(2)19-14)11-7-12(16)9-13(17)8-11/h4,6-9,15,18H,3,5,10H2,1-2H3. The fourth-order valence-electron chi connectivity index (χ4n) is 2.18. The lowest BCUT2D eigenvalue weighted by Crippen LogP contribution is -2.24. The summed E-state index contributed by atoms with van der Waals surface area (Å²) in [6.45, 7) is 2.84. The van der Waals surface area contributed by atoms with Crippen LogP contribution in [0.2, 0.25) is 0 Å². The SMILES string of the molecule is CCCNC(Cc1ccn(C)n1)c1cc(F)cc(F)c1. The first kappa shape index (κ1) is 14.7. The number of nitrogens with zero attached hydrogens (tertiary/aromatic N) is 2. The first-order valence-electron chi connectivity index (χ1n) is 6.76. The van der Waals surface area contributed by atoms with Crippen LogP contribution >= 0.6 is 0 Å². The van der Waals surface area contributed by atoms with Gasteiger partial charge < -0.3 is 5.32 Å². The molecule has 0 radical (unpaired) electrons. The highest BCUT2D eigenvalue weighted by Crippen LogP contribution is 2.20. The highest BCUT2D eigenvalue weighted by atomic mass is 19.1. The quantitative estimate of drug-likeness (QED) is 0.881. The van der Waals surface area contributed by atoms with E-state index >= 15 is 0 Å². The molecule has 1 atom stereocenters. The van der Waals surface area contributed by atoms with Crippen molar-refractivity contribution in [1.82, 2.24) is 15.1 Å². The number of rotatable bonds is 6. The molecule has 20 heavy (non-hydrogen) atoms. The Labute approximate surface area is 117 Å². The van der Waals surface area contributed by atoms with Crippen molar-refractivity contribution in [2.75, 3.05) is 6.54 Å². The van der Waals surface area contributed by atoms with E-state index in [4.69, 9.17) is 0 Å². The molecular weight excluding hydrogens is 260 g/mol. The van der Waals surface area contributed by atoms with Crippen LogP contribution in [-0.4, -0.2) is 16.3 Å². The third kappa shape index (κ3) is 3.87. The van der Waals surface area contributed by atoms with Crippen molar-refractivity contribution in [3.8, 4) is 0 Å². The highest BCUT2D eigenvalue weighted by molar-refractivity contribution is 5.23. The second kappa shape index (κ2) is 6.61. The third-order valence-electron chi connectivity index (χ3n) is 3.11. The molecule has 0 bridgehead atoms. The van der Waals surface area contributed by atoms with Crippen molar-refractivity contribution >= 4 is 0 Å². The maximum Gasteiger partial charge on any atom is 0.126 e. The van der Waals surface area contributed by atoms with Gasteiger partial charge in [0.25, 0.3) is 0 Å². The first-order valence-corrected chi connectivity index (χ1v) is 6.76. The van der Waals surface area contributed by atoms with Gasteiger partial charge in [-0.25, -0.2) is 8.78 Å². The second-order valence-corrected chi connectivity index (χ2v) is 4.89. The van der Waals surface area contributed by atoms with Crippen LogP contribution in [0.5, 0.6) is 0 Å². The molecule has 0 aliphatic rings. The van der Waals surface area contributed by atoms with Gasteiger partial charge in [0.15, 0.2) is 0 Å². The molecular formula is C15H19F2N3. The van der Waals surface area contributed by atoms with Crippen molar-refractivity contribution in [2.24, 2.45) is 7.05 Å². The Morgan fingerprint density at radius 3 is 2.50 bits per heavy atom. The van der Waals surface area contributed by atoms with Crippen LogP contribution < -0.4 is 5.32 Å². The van der Waals surface area contributed by atoms with Gasteiger partial charge in [0.05, 0.1) is 5.69 Å². The average molecular weight is 279 g/mol. The predicted molar refractivity (Wildman–Crippen MR) is 74.3 cm³/mol. The minimum atomic E-state index is -0.552. The molecule has 0 fully saturated rings. The number of nitrogens with one attached hydrogen (secondary N) is 1. The van der Waals surface area contributed by atoms with Crippen molar-refractivity contribution in [3.05, 3.63) is 53.4 Å². The van der Waals surface area contributed by atoms with Crippen LogP contribution in [0.3, 0.4) is 0 Å². The lowest BCUT2D eigenvalue weighted by atomic mass is 10.0. The minimum absolute atomic E-state index is 0.143. The molecule has 1 heterocycles. The van der Waals surface area contributed by atoms with E-state index in [9.17, 15) is 8.78 Å². The molecule has 1 N–H and O–H groups in total. The fourth-order valence-corrected chi connectivity index (χ4v) is 2.18. The molecule has 0 amide bonds. The fraction of sp³-hybridized carbons (Fsp3) is 0.400. The monoisotopic (exact) mass is 279 g/mol. The predicted octanol–water partition coefficient (Wildman–Crippen LogP) is 2.98. The molecule has 5 heteroatoms. The number of halogens is 2. The lowest BCUT2D eigenvalue weighted by molar-refractivity contribution is 0.508. The molecule has 108 valence electrons. The zero-order chi connectivity index (χ0) is 14.5. The molecule has 1 aromatic heterocycles. The van der Waals surface area contributed by atoms with Crippen LogP contribution in [-0.2, 0) is 13.5 Å². The summed E-state index contributed by atoms with van der Waals surface area (Å²) >= 11 is 0. The van der Waals surface area contributed by atoms with E-state index in [-0.39, 0.29) is 6.04 Å². The van der Waals surface area contributed by atoms with Crippen molar-refractivity contribution in [2.45, 2.75) is 25.8 Å². The molecule has 0 saturated carbocycles. The van der Waals surface area contributed by atoms with Crippen LogP contribution in [0.25, 0.3) is 0 Å². The van der Waals surface area contributed by atoms with Gasteiger partial charge in [-0.15, -0.1) is 0 Å². The van der Waals surface area contributed by atoms with E-state index in [1.807, 2.05) is 19.3 Å². The topological polar surface area (TPSA) is 29.9 Å². The van der Waals surface area contributed by atoms with Gasteiger partial charge in [-0.3, -0.25) is 4.68 Å². The molecule has 2 rings (SSSR count). The minimum Gasteiger partial charge on any atom is -0.310 e. The summed E-state index contributed by atoms with van der Waals surface area (Å²) in [4.78, 5) is 0. The van der Waals surface area contributed by atoms with E-state index in [0.29, 0.717) is 12.0 Å². The molecule has 0 spiro atoms. The van der Waals surface area contributed by atoms with Gasteiger partial charge in [-0.1, -0.05) is 6.92 Å². The van der Waals surface area contributed by atoms with E-state index in [2.05, 4.69) is 17.3 Å². The zero-order valence-electron chi connectivity index (χ0n) is 11.7. The van der Waals surface area contributed by atoms with Gasteiger partial charge >= 0.3 is 0 Å². The number of aromatic nitrogens is 2. The number of aryl methyl sites for hydroxylation is 1. The second-order valence-electron chi connectivity index (χ2n) is 4.89. The maximum atomic E-state index is 13.4. The molecule has 1 aromatic carbocycles. The summed E-state index contributed by atoms with van der Waals surface area (Å²) < 4.78 is 28.5. The van der Waals surface area contributed by atoms with Crippen molar-refractivity contribution in [1.29, 1.82) is 0 Å². The Morgan fingerprint density at radius 1 is 1.25 bits per heavy atom. The molecule has 0 aliphatic heterocycles. The van der Waals surface area contributed by atoms with Crippen LogP contribution in [0, 0.1) is 11.6 Å². The summed E-state index contributed by atoms with van der Waals surface area (Å²) in [5, 5.41) is 7.63.